The summed E-state index contributed by atoms with van der Waals surface area (Å²) in [6.45, 7) is 5.66. The molecule has 0 radical (unpaired) electrons. The Morgan fingerprint density at radius 3 is 2.50 bits per heavy atom. The minimum atomic E-state index is -0.294. The predicted octanol–water partition coefficient (Wildman–Crippen LogP) is 4.11. The summed E-state index contributed by atoms with van der Waals surface area (Å²) >= 11 is 6.13. The number of amides is 1. The zero-order valence-corrected chi connectivity index (χ0v) is 11.3. The molecule has 0 aliphatic heterocycles. The van der Waals surface area contributed by atoms with Crippen molar-refractivity contribution in [3.05, 3.63) is 51.9 Å². The number of nitrogens with one attached hydrogen (secondary N) is 1. The van der Waals surface area contributed by atoms with Crippen molar-refractivity contribution in [1.29, 1.82) is 0 Å². The van der Waals surface area contributed by atoms with Crippen LogP contribution < -0.4 is 5.32 Å². The van der Waals surface area contributed by atoms with E-state index < -0.39 is 0 Å². The van der Waals surface area contributed by atoms with E-state index in [1.165, 1.54) is 0 Å². The molecule has 0 atom stereocenters. The van der Waals surface area contributed by atoms with E-state index in [1.54, 1.807) is 19.1 Å². The number of anilines is 1. The molecule has 18 heavy (non-hydrogen) atoms. The normalized spacial score (nSPS) is 10.4. The van der Waals surface area contributed by atoms with Crippen molar-refractivity contribution in [2.75, 3.05) is 5.32 Å². The molecule has 1 N–H and O–H groups in total. The molecule has 94 valence electrons. The van der Waals surface area contributed by atoms with Crippen LogP contribution >= 0.6 is 11.6 Å². The first kappa shape index (κ1) is 12.7. The predicted molar refractivity (Wildman–Crippen MR) is 72.3 cm³/mol. The van der Waals surface area contributed by atoms with Gasteiger partial charge in [-0.3, -0.25) is 4.79 Å². The van der Waals surface area contributed by atoms with Crippen LogP contribution in [-0.4, -0.2) is 5.91 Å². The summed E-state index contributed by atoms with van der Waals surface area (Å²) in [7, 11) is 0. The highest BCUT2D eigenvalue weighted by atomic mass is 35.5. The monoisotopic (exact) mass is 263 g/mol. The van der Waals surface area contributed by atoms with Crippen LogP contribution in [0.2, 0.25) is 5.02 Å². The van der Waals surface area contributed by atoms with E-state index >= 15 is 0 Å². The molecular formula is C14H14ClNO2. The Morgan fingerprint density at radius 2 is 1.94 bits per heavy atom. The second kappa shape index (κ2) is 4.86. The van der Waals surface area contributed by atoms with Gasteiger partial charge in [0.1, 0.15) is 5.76 Å². The number of halogens is 1. The fourth-order valence-corrected chi connectivity index (χ4v) is 2.17. The zero-order chi connectivity index (χ0) is 13.3. The Kier molecular flexibility index (Phi) is 3.43. The lowest BCUT2D eigenvalue weighted by molar-refractivity contribution is 0.0995. The van der Waals surface area contributed by atoms with Crippen molar-refractivity contribution in [1.82, 2.24) is 0 Å². The average Bonchev–Trinajstić information content (AvgIpc) is 2.70. The van der Waals surface area contributed by atoms with Crippen LogP contribution in [0.25, 0.3) is 0 Å². The van der Waals surface area contributed by atoms with Gasteiger partial charge in [-0.15, -0.1) is 0 Å². The first-order chi connectivity index (χ1) is 8.47. The lowest BCUT2D eigenvalue weighted by Crippen LogP contribution is -2.12. The number of aryl methyl sites for hydroxylation is 3. The third-order valence-electron chi connectivity index (χ3n) is 2.63. The molecule has 0 fully saturated rings. The van der Waals surface area contributed by atoms with Crippen molar-refractivity contribution < 1.29 is 9.21 Å². The second-order valence-electron chi connectivity index (χ2n) is 4.30. The minimum absolute atomic E-state index is 0.281. The quantitative estimate of drug-likeness (QED) is 0.886. The molecule has 1 amide bonds. The van der Waals surface area contributed by atoms with E-state index in [-0.39, 0.29) is 11.7 Å². The van der Waals surface area contributed by atoms with E-state index in [0.717, 1.165) is 11.1 Å². The minimum Gasteiger partial charge on any atom is -0.456 e. The van der Waals surface area contributed by atoms with E-state index in [4.69, 9.17) is 16.0 Å². The first-order valence-corrected chi connectivity index (χ1v) is 5.99. The van der Waals surface area contributed by atoms with Crippen molar-refractivity contribution >= 4 is 23.2 Å². The number of furan rings is 1. The van der Waals surface area contributed by atoms with Crippen molar-refractivity contribution in [3.63, 3.8) is 0 Å². The van der Waals surface area contributed by atoms with Gasteiger partial charge in [-0.1, -0.05) is 17.7 Å². The number of carbonyl (C=O) groups is 1. The number of hydrogen-bond donors (Lipinski definition) is 1. The summed E-state index contributed by atoms with van der Waals surface area (Å²) < 4.78 is 5.27. The van der Waals surface area contributed by atoms with Crippen LogP contribution in [-0.2, 0) is 0 Å². The lowest BCUT2D eigenvalue weighted by atomic mass is 10.1. The fraction of sp³-hybridized carbons (Fsp3) is 0.214. The highest BCUT2D eigenvalue weighted by molar-refractivity contribution is 6.34. The van der Waals surface area contributed by atoms with Gasteiger partial charge in [0, 0.05) is 0 Å². The molecule has 2 rings (SSSR count). The Bertz CT molecular complexity index is 579. The number of hydrogen-bond acceptors (Lipinski definition) is 2. The molecule has 0 saturated carbocycles. The topological polar surface area (TPSA) is 42.2 Å². The highest BCUT2D eigenvalue weighted by Gasteiger charge is 2.13. The summed E-state index contributed by atoms with van der Waals surface area (Å²) in [5.41, 5.74) is 2.61. The van der Waals surface area contributed by atoms with E-state index in [9.17, 15) is 4.79 Å². The summed E-state index contributed by atoms with van der Waals surface area (Å²) in [6.07, 6.45) is 0. The van der Waals surface area contributed by atoms with Crippen molar-refractivity contribution in [3.8, 4) is 0 Å². The standard InChI is InChI=1S/C14H14ClNO2/c1-8-6-9(2)13(11(15)7-8)16-14(17)12-5-4-10(3)18-12/h4-7H,1-3H3,(H,16,17). The molecule has 2 aromatic rings. The van der Waals surface area contributed by atoms with Crippen molar-refractivity contribution in [2.45, 2.75) is 20.8 Å². The van der Waals surface area contributed by atoms with Gasteiger partial charge in [0.25, 0.3) is 5.91 Å². The summed E-state index contributed by atoms with van der Waals surface area (Å²) in [4.78, 5) is 12.0. The van der Waals surface area contributed by atoms with E-state index in [1.807, 2.05) is 26.0 Å². The smallest absolute Gasteiger partial charge is 0.291 e. The van der Waals surface area contributed by atoms with Crippen LogP contribution in [0.15, 0.2) is 28.7 Å². The molecule has 0 aliphatic rings. The molecule has 1 aromatic carbocycles. The van der Waals surface area contributed by atoms with Gasteiger partial charge in [-0.25, -0.2) is 0 Å². The molecule has 1 heterocycles. The largest absolute Gasteiger partial charge is 0.456 e. The van der Waals surface area contributed by atoms with Crippen LogP contribution in [0.3, 0.4) is 0 Å². The molecule has 4 heteroatoms. The molecule has 0 unspecified atom stereocenters. The molecule has 3 nitrogen and oxygen atoms in total. The number of benzene rings is 1. The molecule has 0 spiro atoms. The Hall–Kier alpha value is -1.74. The maximum absolute atomic E-state index is 12.0. The average molecular weight is 264 g/mol. The maximum atomic E-state index is 12.0. The van der Waals surface area contributed by atoms with Gasteiger partial charge in [-0.2, -0.15) is 0 Å². The highest BCUT2D eigenvalue weighted by Crippen LogP contribution is 2.27. The first-order valence-electron chi connectivity index (χ1n) is 5.62. The molecular weight excluding hydrogens is 250 g/mol. The zero-order valence-electron chi connectivity index (χ0n) is 10.5. The maximum Gasteiger partial charge on any atom is 0.291 e. The van der Waals surface area contributed by atoms with E-state index in [2.05, 4.69) is 5.32 Å². The lowest BCUT2D eigenvalue weighted by Gasteiger charge is -2.10. The molecule has 0 aliphatic carbocycles. The van der Waals surface area contributed by atoms with Gasteiger partial charge in [0.05, 0.1) is 10.7 Å². The number of carbonyl (C=O) groups excluding carboxylic acids is 1. The Labute approximate surface area is 111 Å². The molecule has 0 saturated heterocycles. The summed E-state index contributed by atoms with van der Waals surface area (Å²) in [6, 6.07) is 7.17. The van der Waals surface area contributed by atoms with Gasteiger partial charge in [0.2, 0.25) is 0 Å². The second-order valence-corrected chi connectivity index (χ2v) is 4.71. The van der Waals surface area contributed by atoms with Crippen molar-refractivity contribution in [2.24, 2.45) is 0 Å². The Morgan fingerprint density at radius 1 is 1.22 bits per heavy atom. The van der Waals surface area contributed by atoms with Gasteiger partial charge < -0.3 is 9.73 Å². The van der Waals surface area contributed by atoms with E-state index in [0.29, 0.717) is 16.5 Å². The molecule has 0 bridgehead atoms. The summed E-state index contributed by atoms with van der Waals surface area (Å²) in [5.74, 6) is 0.687. The fourth-order valence-electron chi connectivity index (χ4n) is 1.81. The SMILES string of the molecule is Cc1cc(C)c(NC(=O)c2ccc(C)o2)c(Cl)c1. The Balaban J connectivity index is 2.27. The van der Waals surface area contributed by atoms with Gasteiger partial charge in [0.15, 0.2) is 5.76 Å². The van der Waals surface area contributed by atoms with Crippen LogP contribution in [0.5, 0.6) is 0 Å². The van der Waals surface area contributed by atoms with Crippen LogP contribution in [0.1, 0.15) is 27.4 Å². The molecule has 1 aromatic heterocycles. The van der Waals surface area contributed by atoms with Crippen LogP contribution in [0, 0.1) is 20.8 Å². The third-order valence-corrected chi connectivity index (χ3v) is 2.93. The summed E-state index contributed by atoms with van der Waals surface area (Å²) in [5, 5.41) is 3.30. The number of rotatable bonds is 2. The third kappa shape index (κ3) is 2.57. The van der Waals surface area contributed by atoms with Gasteiger partial charge in [-0.05, 0) is 50.1 Å². The van der Waals surface area contributed by atoms with Gasteiger partial charge >= 0.3 is 0 Å². The van der Waals surface area contributed by atoms with Crippen LogP contribution in [0.4, 0.5) is 5.69 Å².